The smallest absolute Gasteiger partial charge is 0.119 e. The number of rotatable bonds is 4. The van der Waals surface area contributed by atoms with Crippen LogP contribution in [0, 0.1) is 5.92 Å². The molecule has 1 saturated heterocycles. The summed E-state index contributed by atoms with van der Waals surface area (Å²) in [7, 11) is 1.71. The van der Waals surface area contributed by atoms with Crippen molar-refractivity contribution in [3.05, 3.63) is 29.8 Å². The Morgan fingerprint density at radius 3 is 3.00 bits per heavy atom. The minimum absolute atomic E-state index is 0.528. The van der Waals surface area contributed by atoms with Crippen LogP contribution in [0.4, 0.5) is 0 Å². The van der Waals surface area contributed by atoms with E-state index in [-0.39, 0.29) is 0 Å². The van der Waals surface area contributed by atoms with E-state index in [0.29, 0.717) is 6.04 Å². The van der Waals surface area contributed by atoms with Gasteiger partial charge in [-0.2, -0.15) is 0 Å². The van der Waals surface area contributed by atoms with Crippen LogP contribution in [0.2, 0.25) is 0 Å². The highest BCUT2D eigenvalue weighted by molar-refractivity contribution is 5.28. The topological polar surface area (TPSA) is 38.5 Å². The van der Waals surface area contributed by atoms with E-state index in [1.54, 1.807) is 7.11 Å². The van der Waals surface area contributed by atoms with Gasteiger partial charge in [-0.3, -0.25) is 4.90 Å². The van der Waals surface area contributed by atoms with Gasteiger partial charge >= 0.3 is 0 Å². The van der Waals surface area contributed by atoms with E-state index >= 15 is 0 Å². The summed E-state index contributed by atoms with van der Waals surface area (Å²) in [5.41, 5.74) is 7.21. The number of likely N-dealkylation sites (tertiary alicyclic amines) is 1. The molecule has 1 fully saturated rings. The summed E-state index contributed by atoms with van der Waals surface area (Å²) in [5, 5.41) is 0. The number of nitrogens with zero attached hydrogens (tertiary/aromatic N) is 1. The third-order valence-corrected chi connectivity index (χ3v) is 3.89. The molecule has 0 saturated carbocycles. The average Bonchev–Trinajstić information content (AvgIpc) is 2.41. The fourth-order valence-electron chi connectivity index (χ4n) is 2.76. The standard InChI is InChI=1S/C15H24N2O/c1-12-6-7-17(14(8-12)10-16)11-13-4-3-5-15(9-13)18-2/h3-5,9,12,14H,6-8,10-11,16H2,1-2H3. The number of piperidine rings is 1. The minimum atomic E-state index is 0.528. The second-order valence-corrected chi connectivity index (χ2v) is 5.34. The number of nitrogens with two attached hydrogens (primary N) is 1. The van der Waals surface area contributed by atoms with E-state index in [2.05, 4.69) is 30.0 Å². The highest BCUT2D eigenvalue weighted by atomic mass is 16.5. The molecule has 2 rings (SSSR count). The third-order valence-electron chi connectivity index (χ3n) is 3.89. The minimum Gasteiger partial charge on any atom is -0.497 e. The van der Waals surface area contributed by atoms with E-state index in [9.17, 15) is 0 Å². The van der Waals surface area contributed by atoms with Crippen LogP contribution in [0.3, 0.4) is 0 Å². The molecule has 2 N–H and O–H groups in total. The Kier molecular flexibility index (Phi) is 4.61. The van der Waals surface area contributed by atoms with Gasteiger partial charge in [0.1, 0.15) is 5.75 Å². The van der Waals surface area contributed by atoms with Crippen molar-refractivity contribution >= 4 is 0 Å². The van der Waals surface area contributed by atoms with E-state index in [1.807, 2.05) is 6.07 Å². The molecule has 1 aromatic rings. The molecule has 0 aliphatic carbocycles. The Bertz CT molecular complexity index is 381. The summed E-state index contributed by atoms with van der Waals surface area (Å²) in [5.74, 6) is 1.74. The highest BCUT2D eigenvalue weighted by Gasteiger charge is 2.25. The van der Waals surface area contributed by atoms with Crippen LogP contribution >= 0.6 is 0 Å². The van der Waals surface area contributed by atoms with E-state index in [0.717, 1.165) is 31.3 Å². The van der Waals surface area contributed by atoms with Gasteiger partial charge in [-0.1, -0.05) is 19.1 Å². The van der Waals surface area contributed by atoms with Gasteiger partial charge in [0.2, 0.25) is 0 Å². The van der Waals surface area contributed by atoms with Gasteiger partial charge in [0, 0.05) is 19.1 Å². The highest BCUT2D eigenvalue weighted by Crippen LogP contribution is 2.24. The first-order valence-electron chi connectivity index (χ1n) is 6.80. The van der Waals surface area contributed by atoms with Gasteiger partial charge in [-0.05, 0) is 43.0 Å². The first-order valence-corrected chi connectivity index (χ1v) is 6.80. The summed E-state index contributed by atoms with van der Waals surface area (Å²) in [6.07, 6.45) is 2.50. The molecule has 1 aliphatic heterocycles. The normalized spacial score (nSPS) is 25.1. The van der Waals surface area contributed by atoms with Crippen LogP contribution in [-0.4, -0.2) is 31.1 Å². The third kappa shape index (κ3) is 3.24. The summed E-state index contributed by atoms with van der Waals surface area (Å²) >= 11 is 0. The van der Waals surface area contributed by atoms with Gasteiger partial charge in [-0.25, -0.2) is 0 Å². The molecule has 2 atom stereocenters. The predicted octanol–water partition coefficient (Wildman–Crippen LogP) is 2.25. The van der Waals surface area contributed by atoms with E-state index < -0.39 is 0 Å². The zero-order valence-corrected chi connectivity index (χ0v) is 11.4. The maximum absolute atomic E-state index is 5.90. The van der Waals surface area contributed by atoms with E-state index in [4.69, 9.17) is 10.5 Å². The van der Waals surface area contributed by atoms with Gasteiger partial charge in [0.25, 0.3) is 0 Å². The van der Waals surface area contributed by atoms with Crippen LogP contribution in [0.1, 0.15) is 25.3 Å². The summed E-state index contributed by atoms with van der Waals surface area (Å²) in [4.78, 5) is 2.51. The van der Waals surface area contributed by atoms with Crippen molar-refractivity contribution in [3.63, 3.8) is 0 Å². The number of benzene rings is 1. The monoisotopic (exact) mass is 248 g/mol. The van der Waals surface area contributed by atoms with Crippen molar-refractivity contribution in [3.8, 4) is 5.75 Å². The molecule has 1 aliphatic rings. The van der Waals surface area contributed by atoms with Crippen molar-refractivity contribution in [2.75, 3.05) is 20.2 Å². The zero-order chi connectivity index (χ0) is 13.0. The lowest BCUT2D eigenvalue weighted by Gasteiger charge is -2.38. The van der Waals surface area contributed by atoms with Crippen LogP contribution in [0.5, 0.6) is 5.75 Å². The fourth-order valence-corrected chi connectivity index (χ4v) is 2.76. The molecular weight excluding hydrogens is 224 g/mol. The lowest BCUT2D eigenvalue weighted by molar-refractivity contribution is 0.115. The zero-order valence-electron chi connectivity index (χ0n) is 11.4. The molecule has 0 amide bonds. The molecule has 100 valence electrons. The molecule has 0 aromatic heterocycles. The molecular formula is C15H24N2O. The second kappa shape index (κ2) is 6.21. The van der Waals surface area contributed by atoms with Crippen molar-refractivity contribution in [1.82, 2.24) is 4.90 Å². The summed E-state index contributed by atoms with van der Waals surface area (Å²) in [6, 6.07) is 8.85. The molecule has 0 bridgehead atoms. The van der Waals surface area contributed by atoms with Crippen LogP contribution in [0.25, 0.3) is 0 Å². The Balaban J connectivity index is 2.02. The van der Waals surface area contributed by atoms with Crippen LogP contribution in [0.15, 0.2) is 24.3 Å². The molecule has 2 unspecified atom stereocenters. The number of hydrogen-bond acceptors (Lipinski definition) is 3. The molecule has 3 nitrogen and oxygen atoms in total. The Morgan fingerprint density at radius 1 is 1.44 bits per heavy atom. The van der Waals surface area contributed by atoms with Crippen molar-refractivity contribution in [1.29, 1.82) is 0 Å². The Morgan fingerprint density at radius 2 is 2.28 bits per heavy atom. The number of hydrogen-bond donors (Lipinski definition) is 1. The fraction of sp³-hybridized carbons (Fsp3) is 0.600. The van der Waals surface area contributed by atoms with Crippen molar-refractivity contribution in [2.24, 2.45) is 11.7 Å². The van der Waals surface area contributed by atoms with Crippen molar-refractivity contribution in [2.45, 2.75) is 32.4 Å². The Labute approximate surface area is 110 Å². The van der Waals surface area contributed by atoms with Gasteiger partial charge < -0.3 is 10.5 Å². The first kappa shape index (κ1) is 13.4. The quantitative estimate of drug-likeness (QED) is 0.888. The van der Waals surface area contributed by atoms with Gasteiger partial charge in [0.05, 0.1) is 7.11 Å². The first-order chi connectivity index (χ1) is 8.72. The van der Waals surface area contributed by atoms with Gasteiger partial charge in [0.15, 0.2) is 0 Å². The molecule has 0 radical (unpaired) electrons. The maximum Gasteiger partial charge on any atom is 0.119 e. The summed E-state index contributed by atoms with van der Waals surface area (Å²) in [6.45, 7) is 5.21. The maximum atomic E-state index is 5.90. The predicted molar refractivity (Wildman–Crippen MR) is 74.6 cm³/mol. The molecule has 1 heterocycles. The van der Waals surface area contributed by atoms with Crippen LogP contribution in [-0.2, 0) is 6.54 Å². The Hall–Kier alpha value is -1.06. The lowest BCUT2D eigenvalue weighted by Crippen LogP contribution is -2.45. The van der Waals surface area contributed by atoms with Crippen molar-refractivity contribution < 1.29 is 4.74 Å². The summed E-state index contributed by atoms with van der Waals surface area (Å²) < 4.78 is 5.27. The number of methoxy groups -OCH3 is 1. The largest absolute Gasteiger partial charge is 0.497 e. The number of ether oxygens (including phenoxy) is 1. The van der Waals surface area contributed by atoms with Gasteiger partial charge in [-0.15, -0.1) is 0 Å². The molecule has 0 spiro atoms. The van der Waals surface area contributed by atoms with Crippen LogP contribution < -0.4 is 10.5 Å². The molecule has 18 heavy (non-hydrogen) atoms. The van der Waals surface area contributed by atoms with E-state index in [1.165, 1.54) is 18.4 Å². The average molecular weight is 248 g/mol. The molecule has 3 heteroatoms. The lowest BCUT2D eigenvalue weighted by atomic mass is 9.92. The second-order valence-electron chi connectivity index (χ2n) is 5.34. The SMILES string of the molecule is COc1cccc(CN2CCC(C)CC2CN)c1. The molecule has 1 aromatic carbocycles.